The second kappa shape index (κ2) is 6.39. The molecule has 0 aliphatic carbocycles. The summed E-state index contributed by atoms with van der Waals surface area (Å²) in [6.07, 6.45) is 0. The number of nitrogens with two attached hydrogens (primary N) is 1. The van der Waals surface area contributed by atoms with Crippen LogP contribution in [-0.2, 0) is 4.79 Å². The Balaban J connectivity index is 2.64. The summed E-state index contributed by atoms with van der Waals surface area (Å²) in [4.78, 5) is 11.7. The van der Waals surface area contributed by atoms with Gasteiger partial charge in [0.25, 0.3) is 0 Å². The van der Waals surface area contributed by atoms with Gasteiger partial charge in [-0.25, -0.2) is 0 Å². The third-order valence-corrected chi connectivity index (χ3v) is 3.14. The molecule has 0 aliphatic heterocycles. The van der Waals surface area contributed by atoms with Crippen LogP contribution in [0, 0.1) is 0 Å². The highest BCUT2D eigenvalue weighted by Crippen LogP contribution is 2.26. The Kier molecular flexibility index (Phi) is 5.15. The normalized spacial score (nSPS) is 10.4. The van der Waals surface area contributed by atoms with Gasteiger partial charge in [-0.3, -0.25) is 4.79 Å². The van der Waals surface area contributed by atoms with Gasteiger partial charge in [-0.2, -0.15) is 0 Å². The lowest BCUT2D eigenvalue weighted by atomic mass is 10.2. The topological polar surface area (TPSA) is 64.3 Å². The molecule has 1 aromatic rings. The molecule has 1 amide bonds. The van der Waals surface area contributed by atoms with Gasteiger partial charge in [0.1, 0.15) is 5.75 Å². The van der Waals surface area contributed by atoms with Crippen LogP contribution in [0.3, 0.4) is 0 Å². The molecule has 0 fully saturated rings. The quantitative estimate of drug-likeness (QED) is 0.792. The molecule has 0 saturated carbocycles. The fourth-order valence-electron chi connectivity index (χ4n) is 1.24. The molecule has 1 aromatic carbocycles. The van der Waals surface area contributed by atoms with Crippen LogP contribution in [-0.4, -0.2) is 24.0 Å². The van der Waals surface area contributed by atoms with Crippen LogP contribution in [0.1, 0.15) is 13.8 Å². The van der Waals surface area contributed by atoms with Gasteiger partial charge in [0.05, 0.1) is 18.6 Å². The molecular formula is C12H18N2O2S. The van der Waals surface area contributed by atoms with E-state index in [1.54, 1.807) is 37.1 Å². The number of rotatable bonds is 5. The number of amides is 1. The fourth-order valence-corrected chi connectivity index (χ4v) is 1.80. The molecule has 0 spiro atoms. The summed E-state index contributed by atoms with van der Waals surface area (Å²) in [7, 11) is 1.55. The lowest BCUT2D eigenvalue weighted by molar-refractivity contribution is -0.113. The van der Waals surface area contributed by atoms with Crippen LogP contribution in [0.4, 0.5) is 11.4 Å². The summed E-state index contributed by atoms with van der Waals surface area (Å²) in [6, 6.07) is 5.16. The SMILES string of the molecule is COc1cc(N)ccc1NC(=O)CSC(C)C. The number of carbonyl (C=O) groups is 1. The van der Waals surface area contributed by atoms with Gasteiger partial charge in [0.2, 0.25) is 5.91 Å². The van der Waals surface area contributed by atoms with E-state index in [0.29, 0.717) is 28.1 Å². The molecule has 0 aliphatic rings. The molecule has 0 atom stereocenters. The van der Waals surface area contributed by atoms with E-state index in [-0.39, 0.29) is 5.91 Å². The van der Waals surface area contributed by atoms with Crippen LogP contribution in [0.2, 0.25) is 0 Å². The van der Waals surface area contributed by atoms with Crippen molar-refractivity contribution in [2.75, 3.05) is 23.9 Å². The number of nitrogen functional groups attached to an aromatic ring is 1. The number of anilines is 2. The second-order valence-corrected chi connectivity index (χ2v) is 5.43. The highest BCUT2D eigenvalue weighted by Gasteiger charge is 2.08. The van der Waals surface area contributed by atoms with Crippen molar-refractivity contribution in [1.82, 2.24) is 0 Å². The van der Waals surface area contributed by atoms with Crippen LogP contribution in [0.25, 0.3) is 0 Å². The van der Waals surface area contributed by atoms with Crippen molar-refractivity contribution in [1.29, 1.82) is 0 Å². The first-order valence-electron chi connectivity index (χ1n) is 5.38. The minimum absolute atomic E-state index is 0.0354. The first kappa shape index (κ1) is 13.7. The molecule has 94 valence electrons. The van der Waals surface area contributed by atoms with Crippen molar-refractivity contribution in [3.8, 4) is 5.75 Å². The number of thioether (sulfide) groups is 1. The monoisotopic (exact) mass is 254 g/mol. The first-order chi connectivity index (χ1) is 8.02. The Hall–Kier alpha value is -1.36. The van der Waals surface area contributed by atoms with Crippen molar-refractivity contribution in [2.45, 2.75) is 19.1 Å². The minimum atomic E-state index is -0.0354. The molecule has 0 saturated heterocycles. The maximum absolute atomic E-state index is 11.7. The Bertz CT molecular complexity index is 394. The number of hydrogen-bond donors (Lipinski definition) is 2. The third-order valence-electron chi connectivity index (χ3n) is 2.05. The Morgan fingerprint density at radius 3 is 2.82 bits per heavy atom. The van der Waals surface area contributed by atoms with Crippen LogP contribution < -0.4 is 15.8 Å². The van der Waals surface area contributed by atoms with Gasteiger partial charge < -0.3 is 15.8 Å². The zero-order valence-corrected chi connectivity index (χ0v) is 11.1. The van der Waals surface area contributed by atoms with Gasteiger partial charge in [0.15, 0.2) is 0 Å². The van der Waals surface area contributed by atoms with Crippen molar-refractivity contribution >= 4 is 29.0 Å². The first-order valence-corrected chi connectivity index (χ1v) is 6.42. The molecule has 0 aromatic heterocycles. The minimum Gasteiger partial charge on any atom is -0.494 e. The Morgan fingerprint density at radius 2 is 2.24 bits per heavy atom. The zero-order chi connectivity index (χ0) is 12.8. The maximum Gasteiger partial charge on any atom is 0.234 e. The van der Waals surface area contributed by atoms with Crippen LogP contribution in [0.5, 0.6) is 5.75 Å². The molecule has 3 N–H and O–H groups in total. The summed E-state index contributed by atoms with van der Waals surface area (Å²) in [5.74, 6) is 0.977. The molecule has 5 heteroatoms. The fraction of sp³-hybridized carbons (Fsp3) is 0.417. The molecule has 1 rings (SSSR count). The second-order valence-electron chi connectivity index (χ2n) is 3.87. The van der Waals surface area contributed by atoms with Gasteiger partial charge in [-0.1, -0.05) is 13.8 Å². The zero-order valence-electron chi connectivity index (χ0n) is 10.3. The number of carbonyl (C=O) groups excluding carboxylic acids is 1. The summed E-state index contributed by atoms with van der Waals surface area (Å²) in [5.41, 5.74) is 6.89. The van der Waals surface area contributed by atoms with E-state index in [0.717, 1.165) is 0 Å². The molecule has 0 radical (unpaired) electrons. The smallest absolute Gasteiger partial charge is 0.234 e. The van der Waals surface area contributed by atoms with Crippen molar-refractivity contribution in [2.24, 2.45) is 0 Å². The molecule has 0 bridgehead atoms. The number of nitrogens with one attached hydrogen (secondary N) is 1. The van der Waals surface area contributed by atoms with E-state index >= 15 is 0 Å². The number of ether oxygens (including phenoxy) is 1. The van der Waals surface area contributed by atoms with Gasteiger partial charge >= 0.3 is 0 Å². The van der Waals surface area contributed by atoms with Crippen LogP contribution in [0.15, 0.2) is 18.2 Å². The lowest BCUT2D eigenvalue weighted by Gasteiger charge is -2.11. The van der Waals surface area contributed by atoms with E-state index in [9.17, 15) is 4.79 Å². The van der Waals surface area contributed by atoms with Crippen molar-refractivity contribution < 1.29 is 9.53 Å². The maximum atomic E-state index is 11.7. The van der Waals surface area contributed by atoms with Crippen LogP contribution >= 0.6 is 11.8 Å². The largest absolute Gasteiger partial charge is 0.494 e. The number of benzene rings is 1. The van der Waals surface area contributed by atoms with E-state index in [1.807, 2.05) is 0 Å². The predicted molar refractivity (Wildman–Crippen MR) is 73.6 cm³/mol. The third kappa shape index (κ3) is 4.56. The predicted octanol–water partition coefficient (Wildman–Crippen LogP) is 2.36. The number of hydrogen-bond acceptors (Lipinski definition) is 4. The average Bonchev–Trinajstić information content (AvgIpc) is 2.28. The summed E-state index contributed by atoms with van der Waals surface area (Å²) < 4.78 is 5.15. The Labute approximate surface area is 106 Å². The molecule has 0 unspecified atom stereocenters. The highest BCUT2D eigenvalue weighted by atomic mass is 32.2. The van der Waals surface area contributed by atoms with E-state index in [2.05, 4.69) is 19.2 Å². The van der Waals surface area contributed by atoms with Gasteiger partial charge in [0, 0.05) is 11.8 Å². The summed E-state index contributed by atoms with van der Waals surface area (Å²) in [6.45, 7) is 4.11. The van der Waals surface area contributed by atoms with Gasteiger partial charge in [-0.15, -0.1) is 11.8 Å². The molecule has 0 heterocycles. The van der Waals surface area contributed by atoms with E-state index < -0.39 is 0 Å². The van der Waals surface area contributed by atoms with Crippen molar-refractivity contribution in [3.63, 3.8) is 0 Å². The summed E-state index contributed by atoms with van der Waals surface area (Å²) >= 11 is 1.60. The van der Waals surface area contributed by atoms with E-state index in [1.165, 1.54) is 0 Å². The average molecular weight is 254 g/mol. The lowest BCUT2D eigenvalue weighted by Crippen LogP contribution is -2.15. The number of methoxy groups -OCH3 is 1. The Morgan fingerprint density at radius 1 is 1.53 bits per heavy atom. The molecule has 17 heavy (non-hydrogen) atoms. The van der Waals surface area contributed by atoms with Crippen molar-refractivity contribution in [3.05, 3.63) is 18.2 Å². The van der Waals surface area contributed by atoms with E-state index in [4.69, 9.17) is 10.5 Å². The molecular weight excluding hydrogens is 236 g/mol. The highest BCUT2D eigenvalue weighted by molar-refractivity contribution is 8.00. The molecule has 4 nitrogen and oxygen atoms in total. The standard InChI is InChI=1S/C12H18N2O2S/c1-8(2)17-7-12(15)14-10-5-4-9(13)6-11(10)16-3/h4-6,8H,7,13H2,1-3H3,(H,14,15). The van der Waals surface area contributed by atoms with Gasteiger partial charge in [-0.05, 0) is 17.4 Å². The summed E-state index contributed by atoms with van der Waals surface area (Å²) in [5, 5.41) is 3.24.